The SMILES string of the molecule is Cl.OC(COc1cccc2ccccc12)Cn1c(C2CCCCC2)nc2ccccc21. The molecule has 5 rings (SSSR count). The standard InChI is InChI=1S/C26H28N2O2.ClH/c29-21(18-30-25-16-8-12-19-9-4-5-13-22(19)25)17-28-24-15-7-6-14-23(24)27-26(28)20-10-2-1-3-11-20;/h4-9,12-16,20-21,29H,1-3,10-11,17-18H2;1H. The summed E-state index contributed by atoms with van der Waals surface area (Å²) in [4.78, 5) is 4.96. The Kier molecular flexibility index (Phi) is 6.79. The summed E-state index contributed by atoms with van der Waals surface area (Å²) in [6.07, 6.45) is 5.61. The Hall–Kier alpha value is -2.56. The van der Waals surface area contributed by atoms with Gasteiger partial charge in [0.25, 0.3) is 0 Å². The minimum atomic E-state index is -0.607. The van der Waals surface area contributed by atoms with Gasteiger partial charge >= 0.3 is 0 Å². The molecule has 1 saturated carbocycles. The van der Waals surface area contributed by atoms with Gasteiger partial charge in [-0.05, 0) is 36.4 Å². The van der Waals surface area contributed by atoms with Gasteiger partial charge in [-0.25, -0.2) is 4.98 Å². The predicted molar refractivity (Wildman–Crippen MR) is 128 cm³/mol. The molecule has 1 aliphatic carbocycles. The molecular formula is C26H29ClN2O2. The molecule has 5 heteroatoms. The number of fused-ring (bicyclic) bond motifs is 2. The van der Waals surface area contributed by atoms with E-state index in [1.54, 1.807) is 0 Å². The van der Waals surface area contributed by atoms with Crippen LogP contribution >= 0.6 is 12.4 Å². The van der Waals surface area contributed by atoms with Crippen LogP contribution in [-0.4, -0.2) is 27.4 Å². The number of aliphatic hydroxyl groups is 1. The first-order valence-electron chi connectivity index (χ1n) is 11.0. The maximum absolute atomic E-state index is 10.9. The summed E-state index contributed by atoms with van der Waals surface area (Å²) in [5.74, 6) is 2.42. The molecule has 3 aromatic carbocycles. The van der Waals surface area contributed by atoms with Gasteiger partial charge in [-0.15, -0.1) is 12.4 Å². The van der Waals surface area contributed by atoms with Crippen LogP contribution in [0.25, 0.3) is 21.8 Å². The van der Waals surface area contributed by atoms with E-state index in [9.17, 15) is 5.11 Å². The average molecular weight is 437 g/mol. The van der Waals surface area contributed by atoms with Crippen LogP contribution in [0, 0.1) is 0 Å². The summed E-state index contributed by atoms with van der Waals surface area (Å²) in [5, 5.41) is 13.1. The molecule has 1 fully saturated rings. The molecule has 31 heavy (non-hydrogen) atoms. The van der Waals surface area contributed by atoms with E-state index in [-0.39, 0.29) is 19.0 Å². The van der Waals surface area contributed by atoms with Crippen LogP contribution in [0.15, 0.2) is 66.7 Å². The van der Waals surface area contributed by atoms with Crippen molar-refractivity contribution in [1.82, 2.24) is 9.55 Å². The van der Waals surface area contributed by atoms with Crippen molar-refractivity contribution in [3.05, 3.63) is 72.6 Å². The lowest BCUT2D eigenvalue weighted by Crippen LogP contribution is -2.25. The van der Waals surface area contributed by atoms with E-state index in [0.29, 0.717) is 12.5 Å². The van der Waals surface area contributed by atoms with E-state index in [1.165, 1.54) is 32.1 Å². The molecule has 1 unspecified atom stereocenters. The molecule has 1 aliphatic rings. The quantitative estimate of drug-likeness (QED) is 0.397. The minimum Gasteiger partial charge on any atom is -0.490 e. The van der Waals surface area contributed by atoms with Crippen LogP contribution < -0.4 is 4.74 Å². The van der Waals surface area contributed by atoms with E-state index in [0.717, 1.165) is 33.4 Å². The van der Waals surface area contributed by atoms with Gasteiger partial charge in [0.1, 0.15) is 24.3 Å². The lowest BCUT2D eigenvalue weighted by molar-refractivity contribution is 0.0929. The molecule has 0 radical (unpaired) electrons. The lowest BCUT2D eigenvalue weighted by Gasteiger charge is -2.23. The number of hydrogen-bond donors (Lipinski definition) is 1. The largest absolute Gasteiger partial charge is 0.490 e. The molecule has 0 saturated heterocycles. The Bertz CT molecular complexity index is 1150. The Morgan fingerprint density at radius 1 is 0.935 bits per heavy atom. The number of imidazole rings is 1. The van der Waals surface area contributed by atoms with E-state index >= 15 is 0 Å². The Labute approximate surface area is 189 Å². The molecule has 0 bridgehead atoms. The fourth-order valence-electron chi connectivity index (χ4n) is 4.73. The van der Waals surface area contributed by atoms with Gasteiger partial charge in [0.05, 0.1) is 17.6 Å². The van der Waals surface area contributed by atoms with Gasteiger partial charge in [-0.3, -0.25) is 0 Å². The fourth-order valence-corrected chi connectivity index (χ4v) is 4.73. The number of aromatic nitrogens is 2. The molecule has 0 aliphatic heterocycles. The first-order valence-corrected chi connectivity index (χ1v) is 11.0. The van der Waals surface area contributed by atoms with Gasteiger partial charge in [0.2, 0.25) is 0 Å². The topological polar surface area (TPSA) is 47.3 Å². The van der Waals surface area contributed by atoms with Crippen molar-refractivity contribution in [3.8, 4) is 5.75 Å². The highest BCUT2D eigenvalue weighted by atomic mass is 35.5. The van der Waals surface area contributed by atoms with Crippen LogP contribution in [0.2, 0.25) is 0 Å². The number of halogens is 1. The molecule has 4 aromatic rings. The summed E-state index contributed by atoms with van der Waals surface area (Å²) >= 11 is 0. The zero-order valence-electron chi connectivity index (χ0n) is 17.6. The van der Waals surface area contributed by atoms with Crippen LogP contribution in [0.5, 0.6) is 5.75 Å². The average Bonchev–Trinajstić information content (AvgIpc) is 3.16. The summed E-state index contributed by atoms with van der Waals surface area (Å²) in [7, 11) is 0. The Morgan fingerprint density at radius 2 is 1.68 bits per heavy atom. The van der Waals surface area contributed by atoms with Crippen molar-refractivity contribution < 1.29 is 9.84 Å². The third kappa shape index (κ3) is 4.56. The minimum absolute atomic E-state index is 0. The molecule has 0 amide bonds. The monoisotopic (exact) mass is 436 g/mol. The first kappa shape index (κ1) is 21.7. The number of aliphatic hydroxyl groups excluding tert-OH is 1. The van der Waals surface area contributed by atoms with Crippen molar-refractivity contribution in [2.75, 3.05) is 6.61 Å². The van der Waals surface area contributed by atoms with Crippen LogP contribution in [0.3, 0.4) is 0 Å². The number of rotatable bonds is 6. The second-order valence-electron chi connectivity index (χ2n) is 8.35. The summed E-state index contributed by atoms with van der Waals surface area (Å²) in [6, 6.07) is 22.5. The number of para-hydroxylation sites is 2. The first-order chi connectivity index (χ1) is 14.8. The second kappa shape index (κ2) is 9.71. The molecule has 1 N–H and O–H groups in total. The number of hydrogen-bond acceptors (Lipinski definition) is 3. The lowest BCUT2D eigenvalue weighted by atomic mass is 9.88. The van der Waals surface area contributed by atoms with Gasteiger partial charge in [0.15, 0.2) is 0 Å². The third-order valence-electron chi connectivity index (χ3n) is 6.23. The van der Waals surface area contributed by atoms with Crippen LogP contribution in [-0.2, 0) is 6.54 Å². The van der Waals surface area contributed by atoms with Crippen molar-refractivity contribution in [2.24, 2.45) is 0 Å². The molecule has 162 valence electrons. The molecular weight excluding hydrogens is 408 g/mol. The van der Waals surface area contributed by atoms with Crippen molar-refractivity contribution in [2.45, 2.75) is 50.7 Å². The number of benzene rings is 3. The smallest absolute Gasteiger partial charge is 0.127 e. The number of nitrogens with zero attached hydrogens (tertiary/aromatic N) is 2. The number of ether oxygens (including phenoxy) is 1. The van der Waals surface area contributed by atoms with E-state index < -0.39 is 6.10 Å². The van der Waals surface area contributed by atoms with Crippen molar-refractivity contribution in [1.29, 1.82) is 0 Å². The van der Waals surface area contributed by atoms with Gasteiger partial charge < -0.3 is 14.4 Å². The summed E-state index contributed by atoms with van der Waals surface area (Å²) in [5.41, 5.74) is 2.11. The van der Waals surface area contributed by atoms with Gasteiger partial charge in [-0.1, -0.05) is 67.8 Å². The molecule has 0 spiro atoms. The van der Waals surface area contributed by atoms with Crippen molar-refractivity contribution in [3.63, 3.8) is 0 Å². The third-order valence-corrected chi connectivity index (χ3v) is 6.23. The van der Waals surface area contributed by atoms with E-state index in [1.807, 2.05) is 36.4 Å². The fraction of sp³-hybridized carbons (Fsp3) is 0.346. The maximum atomic E-state index is 10.9. The molecule has 1 aromatic heterocycles. The molecule has 1 atom stereocenters. The Balaban J connectivity index is 0.00000231. The van der Waals surface area contributed by atoms with E-state index in [4.69, 9.17) is 9.72 Å². The highest BCUT2D eigenvalue weighted by molar-refractivity contribution is 5.88. The Morgan fingerprint density at radius 3 is 2.55 bits per heavy atom. The highest BCUT2D eigenvalue weighted by Gasteiger charge is 2.23. The normalized spacial score (nSPS) is 15.6. The highest BCUT2D eigenvalue weighted by Crippen LogP contribution is 2.34. The maximum Gasteiger partial charge on any atom is 0.127 e. The zero-order valence-corrected chi connectivity index (χ0v) is 18.4. The van der Waals surface area contributed by atoms with Crippen LogP contribution in [0.4, 0.5) is 0 Å². The molecule has 4 nitrogen and oxygen atoms in total. The zero-order chi connectivity index (χ0) is 20.3. The van der Waals surface area contributed by atoms with E-state index in [2.05, 4.69) is 34.9 Å². The van der Waals surface area contributed by atoms with Crippen LogP contribution in [0.1, 0.15) is 43.8 Å². The second-order valence-corrected chi connectivity index (χ2v) is 8.35. The summed E-state index contributed by atoms with van der Waals surface area (Å²) in [6.45, 7) is 0.752. The predicted octanol–water partition coefficient (Wildman–Crippen LogP) is 6.10. The molecule has 1 heterocycles. The van der Waals surface area contributed by atoms with Gasteiger partial charge in [-0.2, -0.15) is 0 Å². The summed E-state index contributed by atoms with van der Waals surface area (Å²) < 4.78 is 8.27. The van der Waals surface area contributed by atoms with Gasteiger partial charge in [0, 0.05) is 11.3 Å². The van der Waals surface area contributed by atoms with Crippen molar-refractivity contribution >= 4 is 34.2 Å².